The molecule has 1 unspecified atom stereocenters. The first-order valence-electron chi connectivity index (χ1n) is 3.85. The van der Waals surface area contributed by atoms with Crippen LogP contribution in [0.1, 0.15) is 34.1 Å². The summed E-state index contributed by atoms with van der Waals surface area (Å²) in [6.07, 6.45) is 0.852. The van der Waals surface area contributed by atoms with Gasteiger partial charge in [0.1, 0.15) is 11.7 Å². The zero-order chi connectivity index (χ0) is 9.07. The first-order chi connectivity index (χ1) is 4.95. The van der Waals surface area contributed by atoms with Crippen molar-refractivity contribution in [3.05, 3.63) is 0 Å². The monoisotopic (exact) mass is 153 g/mol. The highest BCUT2D eigenvalue weighted by Crippen LogP contribution is 2.30. The van der Waals surface area contributed by atoms with Gasteiger partial charge in [0.2, 0.25) is 0 Å². The van der Waals surface area contributed by atoms with E-state index in [1.165, 1.54) is 6.92 Å². The number of carbonyl (C=O) groups is 1. The molecule has 0 radical (unpaired) electrons. The Morgan fingerprint density at radius 1 is 1.64 bits per heavy atom. The normalized spacial score (nSPS) is 13.7. The third-order valence-electron chi connectivity index (χ3n) is 2.23. The molecule has 0 aliphatic rings. The fourth-order valence-electron chi connectivity index (χ4n) is 1.02. The number of nitrogens with zero attached hydrogens (tertiary/aromatic N) is 1. The summed E-state index contributed by atoms with van der Waals surface area (Å²) in [5, 5.41) is 8.69. The van der Waals surface area contributed by atoms with Gasteiger partial charge in [-0.2, -0.15) is 5.26 Å². The van der Waals surface area contributed by atoms with Crippen molar-refractivity contribution in [1.82, 2.24) is 0 Å². The van der Waals surface area contributed by atoms with Crippen molar-refractivity contribution in [2.45, 2.75) is 34.1 Å². The molecule has 62 valence electrons. The minimum Gasteiger partial charge on any atom is -0.299 e. The highest BCUT2D eigenvalue weighted by atomic mass is 16.1. The summed E-state index contributed by atoms with van der Waals surface area (Å²) in [4.78, 5) is 11.0. The lowest BCUT2D eigenvalue weighted by atomic mass is 9.76. The van der Waals surface area contributed by atoms with Gasteiger partial charge in [-0.15, -0.1) is 0 Å². The number of hydrogen-bond donors (Lipinski definition) is 0. The third-order valence-corrected chi connectivity index (χ3v) is 2.23. The number of hydrogen-bond acceptors (Lipinski definition) is 2. The average molecular weight is 153 g/mol. The van der Waals surface area contributed by atoms with Gasteiger partial charge >= 0.3 is 0 Å². The molecule has 0 amide bonds. The zero-order valence-electron chi connectivity index (χ0n) is 7.64. The molecule has 2 heteroatoms. The Kier molecular flexibility index (Phi) is 3.25. The fraction of sp³-hybridized carbons (Fsp3) is 0.778. The summed E-state index contributed by atoms with van der Waals surface area (Å²) in [6.45, 7) is 7.36. The lowest BCUT2D eigenvalue weighted by molar-refractivity contribution is -0.122. The van der Waals surface area contributed by atoms with E-state index in [1.54, 1.807) is 0 Å². The SMILES string of the molecule is CCC(C)(C)C(C#N)C(C)=O. The lowest BCUT2D eigenvalue weighted by Gasteiger charge is -2.25. The van der Waals surface area contributed by atoms with Crippen LogP contribution in [0.25, 0.3) is 0 Å². The summed E-state index contributed by atoms with van der Waals surface area (Å²) < 4.78 is 0. The lowest BCUT2D eigenvalue weighted by Crippen LogP contribution is -2.27. The first kappa shape index (κ1) is 10.2. The topological polar surface area (TPSA) is 40.9 Å². The zero-order valence-corrected chi connectivity index (χ0v) is 7.64. The van der Waals surface area contributed by atoms with Crippen molar-refractivity contribution < 1.29 is 4.79 Å². The van der Waals surface area contributed by atoms with E-state index < -0.39 is 5.92 Å². The summed E-state index contributed by atoms with van der Waals surface area (Å²) >= 11 is 0. The second-order valence-electron chi connectivity index (χ2n) is 3.51. The van der Waals surface area contributed by atoms with Crippen LogP contribution in [0.4, 0.5) is 0 Å². The molecule has 0 rings (SSSR count). The second kappa shape index (κ2) is 3.52. The van der Waals surface area contributed by atoms with Crippen LogP contribution in [0.15, 0.2) is 0 Å². The first-order valence-corrected chi connectivity index (χ1v) is 3.85. The number of Topliss-reactive ketones (excluding diaryl/α,β-unsaturated/α-hetero) is 1. The smallest absolute Gasteiger partial charge is 0.147 e. The molecule has 0 aromatic heterocycles. The predicted octanol–water partition coefficient (Wildman–Crippen LogP) is 2.15. The van der Waals surface area contributed by atoms with Gasteiger partial charge in [-0.05, 0) is 18.8 Å². The van der Waals surface area contributed by atoms with Gasteiger partial charge in [-0.3, -0.25) is 4.79 Å². The highest BCUT2D eigenvalue weighted by molar-refractivity contribution is 5.81. The fourth-order valence-corrected chi connectivity index (χ4v) is 1.02. The van der Waals surface area contributed by atoms with E-state index in [0.29, 0.717) is 0 Å². The highest BCUT2D eigenvalue weighted by Gasteiger charge is 2.30. The maximum absolute atomic E-state index is 11.0. The molecule has 1 atom stereocenters. The third kappa shape index (κ3) is 2.34. The van der Waals surface area contributed by atoms with E-state index in [9.17, 15) is 4.79 Å². The quantitative estimate of drug-likeness (QED) is 0.623. The molecule has 2 nitrogen and oxygen atoms in total. The summed E-state index contributed by atoms with van der Waals surface area (Å²) in [5.74, 6) is -0.480. The Morgan fingerprint density at radius 3 is 2.18 bits per heavy atom. The average Bonchev–Trinajstić information content (AvgIpc) is 1.88. The molecule has 0 aliphatic carbocycles. The number of ketones is 1. The molecule has 0 bridgehead atoms. The molecule has 0 aromatic carbocycles. The number of nitriles is 1. The molecule has 0 heterocycles. The van der Waals surface area contributed by atoms with Crippen LogP contribution in [-0.2, 0) is 4.79 Å². The van der Waals surface area contributed by atoms with Crippen molar-refractivity contribution in [2.24, 2.45) is 11.3 Å². The molecule has 0 aliphatic heterocycles. The maximum Gasteiger partial charge on any atom is 0.147 e. The van der Waals surface area contributed by atoms with E-state index >= 15 is 0 Å². The van der Waals surface area contributed by atoms with Gasteiger partial charge in [0.05, 0.1) is 6.07 Å². The van der Waals surface area contributed by atoms with Gasteiger partial charge in [0.25, 0.3) is 0 Å². The second-order valence-corrected chi connectivity index (χ2v) is 3.51. The van der Waals surface area contributed by atoms with E-state index in [0.717, 1.165) is 6.42 Å². The Morgan fingerprint density at radius 2 is 2.09 bits per heavy atom. The van der Waals surface area contributed by atoms with Crippen molar-refractivity contribution in [1.29, 1.82) is 5.26 Å². The summed E-state index contributed by atoms with van der Waals surface area (Å²) in [5.41, 5.74) is -0.180. The van der Waals surface area contributed by atoms with Crippen LogP contribution in [0.5, 0.6) is 0 Å². The minimum absolute atomic E-state index is 0.0284. The van der Waals surface area contributed by atoms with Crippen molar-refractivity contribution in [3.8, 4) is 6.07 Å². The molecule has 0 saturated heterocycles. The van der Waals surface area contributed by atoms with E-state index in [2.05, 4.69) is 0 Å². The molecule has 0 fully saturated rings. The molecular weight excluding hydrogens is 138 g/mol. The van der Waals surface area contributed by atoms with Gasteiger partial charge in [0, 0.05) is 0 Å². The van der Waals surface area contributed by atoms with Crippen LogP contribution in [0, 0.1) is 22.7 Å². The van der Waals surface area contributed by atoms with Crippen molar-refractivity contribution in [2.75, 3.05) is 0 Å². The molecule has 0 saturated carbocycles. The van der Waals surface area contributed by atoms with Gasteiger partial charge in [0.15, 0.2) is 0 Å². The Labute approximate surface area is 68.2 Å². The van der Waals surface area contributed by atoms with Crippen molar-refractivity contribution >= 4 is 5.78 Å². The van der Waals surface area contributed by atoms with Gasteiger partial charge in [-0.25, -0.2) is 0 Å². The molecule has 11 heavy (non-hydrogen) atoms. The maximum atomic E-state index is 11.0. The van der Waals surface area contributed by atoms with E-state index in [1.807, 2.05) is 26.8 Å². The largest absolute Gasteiger partial charge is 0.299 e. The van der Waals surface area contributed by atoms with Crippen molar-refractivity contribution in [3.63, 3.8) is 0 Å². The molecule has 0 aromatic rings. The Bertz CT molecular complexity index is 188. The van der Waals surface area contributed by atoms with E-state index in [4.69, 9.17) is 5.26 Å². The molecule has 0 N–H and O–H groups in total. The molecular formula is C9H15NO. The Balaban J connectivity index is 4.53. The van der Waals surface area contributed by atoms with Crippen LogP contribution in [0.3, 0.4) is 0 Å². The number of carbonyl (C=O) groups excluding carboxylic acids is 1. The van der Waals surface area contributed by atoms with E-state index in [-0.39, 0.29) is 11.2 Å². The van der Waals surface area contributed by atoms with Gasteiger partial charge < -0.3 is 0 Å². The van der Waals surface area contributed by atoms with Gasteiger partial charge in [-0.1, -0.05) is 20.8 Å². The standard InChI is InChI=1S/C9H15NO/c1-5-9(3,4)8(6-10)7(2)11/h8H,5H2,1-4H3. The minimum atomic E-state index is -0.451. The van der Waals surface area contributed by atoms with Crippen LogP contribution in [-0.4, -0.2) is 5.78 Å². The molecule has 0 spiro atoms. The Hall–Kier alpha value is -0.840. The predicted molar refractivity (Wildman–Crippen MR) is 43.9 cm³/mol. The van der Waals surface area contributed by atoms with Crippen LogP contribution in [0.2, 0.25) is 0 Å². The summed E-state index contributed by atoms with van der Waals surface area (Å²) in [7, 11) is 0. The van der Waals surface area contributed by atoms with Crippen LogP contribution < -0.4 is 0 Å². The number of rotatable bonds is 3. The summed E-state index contributed by atoms with van der Waals surface area (Å²) in [6, 6.07) is 2.04. The van der Waals surface area contributed by atoms with Crippen LogP contribution >= 0.6 is 0 Å².